The minimum atomic E-state index is -0.132. The molecular formula is C19H21N5O2S. The van der Waals surface area contributed by atoms with E-state index in [9.17, 15) is 4.79 Å². The highest BCUT2D eigenvalue weighted by Crippen LogP contribution is 2.30. The standard InChI is InChI=1S/C19H21N5O2S/c1-2-16-21-17(23-26-16)14-9-6-10-24(12-14)19(25)22-18-20-11-15(27-18)13-7-4-3-5-8-13/h3-5,7-8,11,14H,2,6,9-10,12H2,1H3,(H,20,22,25). The van der Waals surface area contributed by atoms with E-state index in [0.717, 1.165) is 36.2 Å². The minimum Gasteiger partial charge on any atom is -0.339 e. The fourth-order valence-electron chi connectivity index (χ4n) is 3.19. The van der Waals surface area contributed by atoms with Crippen LogP contribution in [0.4, 0.5) is 9.93 Å². The fraction of sp³-hybridized carbons (Fsp3) is 0.368. The minimum absolute atomic E-state index is 0.115. The number of carbonyl (C=O) groups excluding carboxylic acids is 1. The quantitative estimate of drug-likeness (QED) is 0.731. The van der Waals surface area contributed by atoms with Crippen molar-refractivity contribution in [1.29, 1.82) is 0 Å². The molecule has 0 saturated carbocycles. The molecule has 1 atom stereocenters. The predicted molar refractivity (Wildman–Crippen MR) is 104 cm³/mol. The van der Waals surface area contributed by atoms with Crippen LogP contribution in [0, 0.1) is 0 Å². The number of anilines is 1. The van der Waals surface area contributed by atoms with Gasteiger partial charge in [0.25, 0.3) is 0 Å². The third kappa shape index (κ3) is 4.00. The van der Waals surface area contributed by atoms with Crippen LogP contribution in [0.1, 0.15) is 37.4 Å². The second-order valence-corrected chi connectivity index (χ2v) is 7.54. The van der Waals surface area contributed by atoms with Crippen molar-refractivity contribution >= 4 is 22.5 Å². The molecular weight excluding hydrogens is 362 g/mol. The summed E-state index contributed by atoms with van der Waals surface area (Å²) in [4.78, 5) is 24.3. The Morgan fingerprint density at radius 3 is 3.00 bits per heavy atom. The zero-order valence-corrected chi connectivity index (χ0v) is 15.9. The average Bonchev–Trinajstić information content (AvgIpc) is 3.38. The Morgan fingerprint density at radius 1 is 1.37 bits per heavy atom. The number of aromatic nitrogens is 3. The van der Waals surface area contributed by atoms with E-state index >= 15 is 0 Å². The molecule has 2 amide bonds. The Bertz CT molecular complexity index is 908. The molecule has 0 spiro atoms. The maximum absolute atomic E-state index is 12.7. The average molecular weight is 383 g/mol. The molecule has 1 aromatic carbocycles. The number of piperidine rings is 1. The Balaban J connectivity index is 1.40. The van der Waals surface area contributed by atoms with Gasteiger partial charge in [-0.3, -0.25) is 5.32 Å². The van der Waals surface area contributed by atoms with Crippen molar-refractivity contribution in [1.82, 2.24) is 20.0 Å². The topological polar surface area (TPSA) is 84.2 Å². The lowest BCUT2D eigenvalue weighted by Crippen LogP contribution is -2.41. The molecule has 4 rings (SSSR count). The molecule has 0 aliphatic carbocycles. The summed E-state index contributed by atoms with van der Waals surface area (Å²) in [5, 5.41) is 7.60. The number of amides is 2. The molecule has 1 fully saturated rings. The molecule has 1 aliphatic rings. The van der Waals surface area contributed by atoms with Crippen LogP contribution in [0.5, 0.6) is 0 Å². The van der Waals surface area contributed by atoms with Gasteiger partial charge in [-0.2, -0.15) is 4.98 Å². The lowest BCUT2D eigenvalue weighted by atomic mass is 9.98. The predicted octanol–water partition coefficient (Wildman–Crippen LogP) is 4.17. The number of thiazole rings is 1. The maximum atomic E-state index is 12.7. The van der Waals surface area contributed by atoms with E-state index in [2.05, 4.69) is 20.4 Å². The number of rotatable bonds is 4. The van der Waals surface area contributed by atoms with Gasteiger partial charge >= 0.3 is 6.03 Å². The van der Waals surface area contributed by atoms with Crippen molar-refractivity contribution in [2.45, 2.75) is 32.1 Å². The lowest BCUT2D eigenvalue weighted by Gasteiger charge is -2.30. The summed E-state index contributed by atoms with van der Waals surface area (Å²) < 4.78 is 5.21. The van der Waals surface area contributed by atoms with Gasteiger partial charge in [0.05, 0.1) is 4.88 Å². The third-order valence-corrected chi connectivity index (χ3v) is 5.60. The molecule has 0 bridgehead atoms. The van der Waals surface area contributed by atoms with Crippen LogP contribution in [0.25, 0.3) is 10.4 Å². The summed E-state index contributed by atoms with van der Waals surface area (Å²) in [5.74, 6) is 1.46. The zero-order chi connectivity index (χ0) is 18.6. The van der Waals surface area contributed by atoms with Gasteiger partial charge in [0.1, 0.15) is 0 Å². The van der Waals surface area contributed by atoms with E-state index in [1.807, 2.05) is 37.3 Å². The van der Waals surface area contributed by atoms with Crippen LogP contribution in [-0.2, 0) is 6.42 Å². The number of benzene rings is 1. The van der Waals surface area contributed by atoms with Crippen molar-refractivity contribution in [3.63, 3.8) is 0 Å². The fourth-order valence-corrected chi connectivity index (χ4v) is 4.00. The molecule has 3 aromatic rings. The van der Waals surface area contributed by atoms with E-state index in [1.54, 1.807) is 11.1 Å². The molecule has 27 heavy (non-hydrogen) atoms. The normalized spacial score (nSPS) is 17.1. The summed E-state index contributed by atoms with van der Waals surface area (Å²) in [6.45, 7) is 3.29. The largest absolute Gasteiger partial charge is 0.339 e. The number of nitrogens with one attached hydrogen (secondary N) is 1. The van der Waals surface area contributed by atoms with Crippen molar-refractivity contribution in [3.05, 3.63) is 48.2 Å². The van der Waals surface area contributed by atoms with Crippen LogP contribution in [0.3, 0.4) is 0 Å². The van der Waals surface area contributed by atoms with Crippen molar-refractivity contribution in [2.75, 3.05) is 18.4 Å². The van der Waals surface area contributed by atoms with Gasteiger partial charge in [-0.05, 0) is 18.4 Å². The second-order valence-electron chi connectivity index (χ2n) is 6.51. The van der Waals surface area contributed by atoms with Crippen molar-refractivity contribution in [2.24, 2.45) is 0 Å². The first-order valence-corrected chi connectivity index (χ1v) is 9.94. The highest BCUT2D eigenvalue weighted by Gasteiger charge is 2.28. The second kappa shape index (κ2) is 7.87. The highest BCUT2D eigenvalue weighted by molar-refractivity contribution is 7.19. The molecule has 1 unspecified atom stereocenters. The Hall–Kier alpha value is -2.74. The number of likely N-dealkylation sites (tertiary alicyclic amines) is 1. The molecule has 3 heterocycles. The monoisotopic (exact) mass is 383 g/mol. The maximum Gasteiger partial charge on any atom is 0.323 e. The van der Waals surface area contributed by atoms with Crippen molar-refractivity contribution < 1.29 is 9.32 Å². The summed E-state index contributed by atoms with van der Waals surface area (Å²) in [6.07, 6.45) is 4.39. The first kappa shape index (κ1) is 17.7. The summed E-state index contributed by atoms with van der Waals surface area (Å²) >= 11 is 1.47. The smallest absolute Gasteiger partial charge is 0.323 e. The van der Waals surface area contributed by atoms with E-state index < -0.39 is 0 Å². The number of carbonyl (C=O) groups is 1. The van der Waals surface area contributed by atoms with Gasteiger partial charge in [-0.1, -0.05) is 53.7 Å². The molecule has 1 saturated heterocycles. The molecule has 8 heteroatoms. The van der Waals surface area contributed by atoms with Crippen LogP contribution < -0.4 is 5.32 Å². The number of hydrogen-bond acceptors (Lipinski definition) is 6. The lowest BCUT2D eigenvalue weighted by molar-refractivity contribution is 0.190. The molecule has 0 radical (unpaired) electrons. The first-order valence-electron chi connectivity index (χ1n) is 9.12. The Kier molecular flexibility index (Phi) is 5.15. The van der Waals surface area contributed by atoms with Crippen LogP contribution >= 0.6 is 11.3 Å². The SMILES string of the molecule is CCc1nc(C2CCCN(C(=O)Nc3ncc(-c4ccccc4)s3)C2)no1. The number of hydrogen-bond donors (Lipinski definition) is 1. The molecule has 1 N–H and O–H groups in total. The van der Waals surface area contributed by atoms with E-state index in [4.69, 9.17) is 4.52 Å². The van der Waals surface area contributed by atoms with E-state index in [-0.39, 0.29) is 11.9 Å². The number of aryl methyl sites for hydroxylation is 1. The van der Waals surface area contributed by atoms with Crippen LogP contribution in [-0.4, -0.2) is 39.1 Å². The summed E-state index contributed by atoms with van der Waals surface area (Å²) in [5.41, 5.74) is 1.09. The van der Waals surface area contributed by atoms with Gasteiger partial charge in [0, 0.05) is 31.6 Å². The van der Waals surface area contributed by atoms with Gasteiger partial charge in [0.15, 0.2) is 11.0 Å². The highest BCUT2D eigenvalue weighted by atomic mass is 32.1. The Labute approximate surface area is 161 Å². The van der Waals surface area contributed by atoms with Crippen LogP contribution in [0.2, 0.25) is 0 Å². The van der Waals surface area contributed by atoms with Gasteiger partial charge in [-0.25, -0.2) is 9.78 Å². The third-order valence-electron chi connectivity index (χ3n) is 4.64. The molecule has 2 aromatic heterocycles. The van der Waals surface area contributed by atoms with Crippen LogP contribution in [0.15, 0.2) is 41.1 Å². The van der Waals surface area contributed by atoms with Crippen molar-refractivity contribution in [3.8, 4) is 10.4 Å². The Morgan fingerprint density at radius 2 is 2.22 bits per heavy atom. The number of urea groups is 1. The zero-order valence-electron chi connectivity index (χ0n) is 15.1. The molecule has 1 aliphatic heterocycles. The van der Waals surface area contributed by atoms with Gasteiger partial charge in [0.2, 0.25) is 5.89 Å². The number of nitrogens with zero attached hydrogens (tertiary/aromatic N) is 4. The van der Waals surface area contributed by atoms with Gasteiger partial charge in [-0.15, -0.1) is 0 Å². The summed E-state index contributed by atoms with van der Waals surface area (Å²) in [6, 6.07) is 9.89. The van der Waals surface area contributed by atoms with E-state index in [0.29, 0.717) is 23.4 Å². The molecule has 7 nitrogen and oxygen atoms in total. The van der Waals surface area contributed by atoms with E-state index in [1.165, 1.54) is 11.3 Å². The van der Waals surface area contributed by atoms with Gasteiger partial charge < -0.3 is 9.42 Å². The summed E-state index contributed by atoms with van der Waals surface area (Å²) in [7, 11) is 0. The molecule has 140 valence electrons. The first-order chi connectivity index (χ1) is 13.2.